The zero-order chi connectivity index (χ0) is 22.1. The minimum absolute atomic E-state index is 0.127. The van der Waals surface area contributed by atoms with Crippen molar-refractivity contribution in [3.8, 4) is 17.0 Å². The number of aromatic nitrogens is 3. The van der Waals surface area contributed by atoms with Crippen LogP contribution in [0.15, 0.2) is 30.9 Å². The first-order valence-corrected chi connectivity index (χ1v) is 11.4. The Balaban J connectivity index is 1.20. The fourth-order valence-corrected chi connectivity index (χ4v) is 5.51. The third kappa shape index (κ3) is 3.97. The van der Waals surface area contributed by atoms with Gasteiger partial charge < -0.3 is 19.6 Å². The number of carbonyl (C=O) groups excluding carboxylic acids is 1. The summed E-state index contributed by atoms with van der Waals surface area (Å²) in [4.78, 5) is 31.7. The number of aromatic hydroxyl groups is 1. The predicted octanol–water partition coefficient (Wildman–Crippen LogP) is 2.38. The number of hydrogen-bond acceptors (Lipinski definition) is 8. The molecular formula is C23H30N6O3. The van der Waals surface area contributed by atoms with E-state index in [0.717, 1.165) is 57.1 Å². The zero-order valence-corrected chi connectivity index (χ0v) is 18.5. The molecule has 9 heteroatoms. The molecule has 1 atom stereocenters. The third-order valence-corrected chi connectivity index (χ3v) is 7.08. The standard InChI is InChI=1S/C23H30N6O3/c1-2-32-22(31)29-15-23(16-29)4-3-17(12-23)27-7-9-28(10-8-27)21-19(11-18(30)13-26-21)20-14-24-5-6-25-20/h5-6,11,13-14,17,30H,2-4,7-10,12,15-16H2,1H3/t17-/m1/s1. The highest BCUT2D eigenvalue weighted by Gasteiger charge is 2.51. The minimum Gasteiger partial charge on any atom is -0.506 e. The Bertz CT molecular complexity index is 957. The Morgan fingerprint density at radius 2 is 2.00 bits per heavy atom. The molecule has 0 unspecified atom stereocenters. The van der Waals surface area contributed by atoms with Gasteiger partial charge in [0.1, 0.15) is 11.6 Å². The number of hydrogen-bond donors (Lipinski definition) is 1. The lowest BCUT2D eigenvalue weighted by Crippen LogP contribution is -2.58. The van der Waals surface area contributed by atoms with E-state index in [4.69, 9.17) is 4.74 Å². The molecule has 1 N–H and O–H groups in total. The molecule has 2 aromatic rings. The Morgan fingerprint density at radius 3 is 2.72 bits per heavy atom. The van der Waals surface area contributed by atoms with Gasteiger partial charge in [0.15, 0.2) is 0 Å². The maximum atomic E-state index is 11.9. The van der Waals surface area contributed by atoms with E-state index in [0.29, 0.717) is 18.3 Å². The second-order valence-electron chi connectivity index (χ2n) is 9.13. The number of pyridine rings is 1. The molecule has 4 heterocycles. The van der Waals surface area contributed by atoms with Gasteiger partial charge >= 0.3 is 6.09 Å². The van der Waals surface area contributed by atoms with Crippen LogP contribution in [-0.2, 0) is 4.74 Å². The highest BCUT2D eigenvalue weighted by molar-refractivity contribution is 5.74. The fraction of sp³-hybridized carbons (Fsp3) is 0.565. The average Bonchev–Trinajstić information content (AvgIpc) is 3.25. The number of carbonyl (C=O) groups is 1. The van der Waals surface area contributed by atoms with Crippen LogP contribution < -0.4 is 4.90 Å². The van der Waals surface area contributed by atoms with Gasteiger partial charge in [0, 0.05) is 68.7 Å². The van der Waals surface area contributed by atoms with Crippen LogP contribution in [0.1, 0.15) is 26.2 Å². The summed E-state index contributed by atoms with van der Waals surface area (Å²) in [7, 11) is 0. The van der Waals surface area contributed by atoms with Crippen molar-refractivity contribution in [2.45, 2.75) is 32.2 Å². The monoisotopic (exact) mass is 438 g/mol. The maximum absolute atomic E-state index is 11.9. The van der Waals surface area contributed by atoms with Gasteiger partial charge in [-0.2, -0.15) is 0 Å². The topological polar surface area (TPSA) is 94.9 Å². The summed E-state index contributed by atoms with van der Waals surface area (Å²) in [5.74, 6) is 0.969. The van der Waals surface area contributed by atoms with E-state index in [1.807, 2.05) is 11.8 Å². The highest BCUT2D eigenvalue weighted by Crippen LogP contribution is 2.47. The second kappa shape index (κ2) is 8.54. The zero-order valence-electron chi connectivity index (χ0n) is 18.5. The molecule has 1 saturated carbocycles. The van der Waals surface area contributed by atoms with Crippen molar-refractivity contribution in [2.24, 2.45) is 5.41 Å². The number of rotatable bonds is 4. The molecule has 170 valence electrons. The number of nitrogens with zero attached hydrogens (tertiary/aromatic N) is 6. The van der Waals surface area contributed by atoms with E-state index in [2.05, 4.69) is 24.8 Å². The normalized spacial score (nSPS) is 22.7. The Labute approximate surface area is 188 Å². The predicted molar refractivity (Wildman–Crippen MR) is 119 cm³/mol. The molecule has 3 aliphatic rings. The number of ether oxygens (including phenoxy) is 1. The van der Waals surface area contributed by atoms with Crippen molar-refractivity contribution in [1.82, 2.24) is 24.8 Å². The average molecular weight is 439 g/mol. The molecule has 1 spiro atoms. The van der Waals surface area contributed by atoms with E-state index in [9.17, 15) is 9.90 Å². The Morgan fingerprint density at radius 1 is 1.19 bits per heavy atom. The van der Waals surface area contributed by atoms with Crippen molar-refractivity contribution in [3.05, 3.63) is 30.9 Å². The van der Waals surface area contributed by atoms with E-state index < -0.39 is 0 Å². The van der Waals surface area contributed by atoms with Crippen LogP contribution in [0.25, 0.3) is 11.3 Å². The Hall–Kier alpha value is -2.94. The molecular weight excluding hydrogens is 408 g/mol. The lowest BCUT2D eigenvalue weighted by Gasteiger charge is -2.48. The molecule has 3 fully saturated rings. The van der Waals surface area contributed by atoms with Crippen LogP contribution in [0.3, 0.4) is 0 Å². The maximum Gasteiger partial charge on any atom is 0.409 e. The van der Waals surface area contributed by atoms with Gasteiger partial charge in [0.25, 0.3) is 0 Å². The van der Waals surface area contributed by atoms with Gasteiger partial charge in [-0.1, -0.05) is 0 Å². The first-order valence-electron chi connectivity index (χ1n) is 11.4. The molecule has 2 aliphatic heterocycles. The summed E-state index contributed by atoms with van der Waals surface area (Å²) in [6, 6.07) is 2.29. The van der Waals surface area contributed by atoms with E-state index in [-0.39, 0.29) is 17.3 Å². The van der Waals surface area contributed by atoms with Crippen LogP contribution in [-0.4, -0.2) is 87.9 Å². The minimum atomic E-state index is -0.171. The summed E-state index contributed by atoms with van der Waals surface area (Å²) in [5, 5.41) is 9.97. The van der Waals surface area contributed by atoms with Crippen LogP contribution in [0.2, 0.25) is 0 Å². The molecule has 2 saturated heterocycles. The van der Waals surface area contributed by atoms with Crippen molar-refractivity contribution >= 4 is 11.9 Å². The fourth-order valence-electron chi connectivity index (χ4n) is 5.51. The van der Waals surface area contributed by atoms with Crippen molar-refractivity contribution in [3.63, 3.8) is 0 Å². The van der Waals surface area contributed by atoms with Crippen LogP contribution in [0, 0.1) is 5.41 Å². The second-order valence-corrected chi connectivity index (χ2v) is 9.13. The number of likely N-dealkylation sites (tertiary alicyclic amines) is 1. The van der Waals surface area contributed by atoms with Crippen LogP contribution in [0.4, 0.5) is 10.6 Å². The molecule has 5 rings (SSSR count). The van der Waals surface area contributed by atoms with E-state index >= 15 is 0 Å². The van der Waals surface area contributed by atoms with Crippen LogP contribution in [0.5, 0.6) is 5.75 Å². The summed E-state index contributed by atoms with van der Waals surface area (Å²) in [6.45, 7) is 7.66. The summed E-state index contributed by atoms with van der Waals surface area (Å²) < 4.78 is 5.14. The molecule has 9 nitrogen and oxygen atoms in total. The molecule has 32 heavy (non-hydrogen) atoms. The first-order chi connectivity index (χ1) is 15.6. The largest absolute Gasteiger partial charge is 0.506 e. The van der Waals surface area contributed by atoms with Gasteiger partial charge in [-0.15, -0.1) is 0 Å². The quantitative estimate of drug-likeness (QED) is 0.778. The summed E-state index contributed by atoms with van der Waals surface area (Å²) >= 11 is 0. The SMILES string of the molecule is CCOC(=O)N1CC2(CC[C@@H](N3CCN(c4ncc(O)cc4-c4cnccn4)CC3)C2)C1. The molecule has 0 bridgehead atoms. The smallest absolute Gasteiger partial charge is 0.409 e. The Kier molecular flexibility index (Phi) is 5.58. The van der Waals surface area contributed by atoms with Crippen LogP contribution >= 0.6 is 0 Å². The van der Waals surface area contributed by atoms with Gasteiger partial charge in [-0.25, -0.2) is 9.78 Å². The molecule has 1 aliphatic carbocycles. The lowest BCUT2D eigenvalue weighted by molar-refractivity contribution is -0.00294. The molecule has 0 aromatic carbocycles. The lowest BCUT2D eigenvalue weighted by atomic mass is 9.78. The third-order valence-electron chi connectivity index (χ3n) is 7.08. The number of amides is 1. The first kappa shape index (κ1) is 20.9. The van der Waals surface area contributed by atoms with Crippen molar-refractivity contribution in [2.75, 3.05) is 50.8 Å². The van der Waals surface area contributed by atoms with Gasteiger partial charge in [0.05, 0.1) is 24.7 Å². The highest BCUT2D eigenvalue weighted by atomic mass is 16.6. The number of anilines is 1. The number of piperazine rings is 1. The molecule has 1 amide bonds. The van der Waals surface area contributed by atoms with Crippen molar-refractivity contribution < 1.29 is 14.6 Å². The van der Waals surface area contributed by atoms with Crippen molar-refractivity contribution in [1.29, 1.82) is 0 Å². The van der Waals surface area contributed by atoms with Gasteiger partial charge in [0.2, 0.25) is 0 Å². The summed E-state index contributed by atoms with van der Waals surface area (Å²) in [5.41, 5.74) is 1.80. The van der Waals surface area contributed by atoms with E-state index in [1.165, 1.54) is 19.0 Å². The molecule has 0 radical (unpaired) electrons. The molecule has 2 aromatic heterocycles. The van der Waals surface area contributed by atoms with E-state index in [1.54, 1.807) is 24.7 Å². The summed E-state index contributed by atoms with van der Waals surface area (Å²) in [6.07, 6.45) is 9.85. The van der Waals surface area contributed by atoms with Gasteiger partial charge in [-0.05, 0) is 32.3 Å². The van der Waals surface area contributed by atoms with Gasteiger partial charge in [-0.3, -0.25) is 14.9 Å².